The van der Waals surface area contributed by atoms with Gasteiger partial charge < -0.3 is 10.4 Å². The molecule has 0 aliphatic heterocycles. The summed E-state index contributed by atoms with van der Waals surface area (Å²) in [6.45, 7) is 2.14. The Labute approximate surface area is 111 Å². The Bertz CT molecular complexity index is 424. The van der Waals surface area contributed by atoms with E-state index in [0.717, 1.165) is 0 Å². The van der Waals surface area contributed by atoms with Gasteiger partial charge in [0.15, 0.2) is 0 Å². The summed E-state index contributed by atoms with van der Waals surface area (Å²) in [5.74, 6) is 0.0657. The number of hydrogen-bond acceptors (Lipinski definition) is 5. The van der Waals surface area contributed by atoms with Gasteiger partial charge in [-0.15, -0.1) is 10.2 Å². The number of carbonyl (C=O) groups excluding carboxylic acids is 1. The number of urea groups is 1. The largest absolute Gasteiger partial charge is 0.445 e. The second-order valence-electron chi connectivity index (χ2n) is 3.86. The zero-order valence-electron chi connectivity index (χ0n) is 9.99. The molecule has 0 fully saturated rings. The van der Waals surface area contributed by atoms with Crippen LogP contribution in [0.15, 0.2) is 0 Å². The van der Waals surface area contributed by atoms with Gasteiger partial charge in [-0.1, -0.05) is 18.3 Å². The molecule has 6 nitrogen and oxygen atoms in total. The lowest BCUT2D eigenvalue weighted by atomic mass is 10.1. The molecule has 0 saturated carbocycles. The van der Waals surface area contributed by atoms with Crippen LogP contribution in [0, 0.1) is 5.92 Å². The van der Waals surface area contributed by atoms with Crippen molar-refractivity contribution in [2.24, 2.45) is 5.92 Å². The third-order valence-corrected chi connectivity index (χ3v) is 3.00. The molecule has 0 bridgehead atoms. The summed E-state index contributed by atoms with van der Waals surface area (Å²) in [7, 11) is 0. The van der Waals surface area contributed by atoms with E-state index in [9.17, 15) is 18.0 Å². The monoisotopic (exact) mass is 298 g/mol. The fourth-order valence-electron chi connectivity index (χ4n) is 1.12. The van der Waals surface area contributed by atoms with Crippen LogP contribution in [-0.2, 0) is 6.18 Å². The van der Waals surface area contributed by atoms with E-state index < -0.39 is 17.2 Å². The maximum Gasteiger partial charge on any atom is 0.445 e. The van der Waals surface area contributed by atoms with E-state index in [2.05, 4.69) is 20.8 Å². The second-order valence-corrected chi connectivity index (χ2v) is 4.84. The number of aliphatic hydroxyl groups excluding tert-OH is 1. The van der Waals surface area contributed by atoms with Gasteiger partial charge in [-0.2, -0.15) is 13.2 Å². The van der Waals surface area contributed by atoms with Crippen LogP contribution in [0.4, 0.5) is 23.1 Å². The molecule has 1 atom stereocenters. The number of nitrogens with one attached hydrogen (secondary N) is 2. The lowest BCUT2D eigenvalue weighted by molar-refractivity contribution is -0.138. The summed E-state index contributed by atoms with van der Waals surface area (Å²) < 4.78 is 36.7. The van der Waals surface area contributed by atoms with E-state index in [0.29, 0.717) is 13.0 Å². The summed E-state index contributed by atoms with van der Waals surface area (Å²) in [5, 5.41) is 18.1. The molecule has 1 aromatic rings. The van der Waals surface area contributed by atoms with Crippen LogP contribution >= 0.6 is 11.3 Å². The molecule has 1 unspecified atom stereocenters. The molecule has 10 heteroatoms. The van der Waals surface area contributed by atoms with E-state index in [1.165, 1.54) is 0 Å². The standard InChI is InChI=1S/C9H13F3N4O2S/c1-5(2-3-17)4-13-7(18)14-8-16-15-6(19-8)9(10,11)12/h5,17H,2-4H2,1H3,(H2,13,14,16,18). The van der Waals surface area contributed by atoms with Gasteiger partial charge in [-0.3, -0.25) is 5.32 Å². The van der Waals surface area contributed by atoms with Gasteiger partial charge >= 0.3 is 12.2 Å². The first-order valence-electron chi connectivity index (χ1n) is 5.39. The van der Waals surface area contributed by atoms with Crippen molar-refractivity contribution in [3.05, 3.63) is 5.01 Å². The van der Waals surface area contributed by atoms with Crippen LogP contribution in [0.2, 0.25) is 0 Å². The zero-order valence-corrected chi connectivity index (χ0v) is 10.8. The normalized spacial score (nSPS) is 13.1. The van der Waals surface area contributed by atoms with Crippen LogP contribution in [-0.4, -0.2) is 34.5 Å². The Morgan fingerprint density at radius 1 is 1.47 bits per heavy atom. The molecule has 0 radical (unpaired) electrons. The van der Waals surface area contributed by atoms with Gasteiger partial charge in [-0.25, -0.2) is 4.79 Å². The lowest BCUT2D eigenvalue weighted by Crippen LogP contribution is -2.32. The van der Waals surface area contributed by atoms with Crippen LogP contribution < -0.4 is 10.6 Å². The summed E-state index contributed by atoms with van der Waals surface area (Å²) >= 11 is 0.253. The number of anilines is 1. The Kier molecular flexibility index (Phi) is 5.48. The van der Waals surface area contributed by atoms with E-state index >= 15 is 0 Å². The number of alkyl halides is 3. The number of nitrogens with zero attached hydrogens (tertiary/aromatic N) is 2. The molecule has 108 valence electrons. The fraction of sp³-hybridized carbons (Fsp3) is 0.667. The smallest absolute Gasteiger partial charge is 0.396 e. The van der Waals surface area contributed by atoms with Crippen LogP contribution in [0.1, 0.15) is 18.4 Å². The number of halogens is 3. The van der Waals surface area contributed by atoms with E-state index in [1.54, 1.807) is 0 Å². The molecule has 1 heterocycles. The van der Waals surface area contributed by atoms with Crippen molar-refractivity contribution in [2.45, 2.75) is 19.5 Å². The minimum Gasteiger partial charge on any atom is -0.396 e. The number of aromatic nitrogens is 2. The van der Waals surface area contributed by atoms with Gasteiger partial charge in [0.2, 0.25) is 10.1 Å². The van der Waals surface area contributed by atoms with Gasteiger partial charge in [0.1, 0.15) is 0 Å². The van der Waals surface area contributed by atoms with Crippen LogP contribution in [0.3, 0.4) is 0 Å². The molecule has 1 aromatic heterocycles. The molecule has 2 amide bonds. The molecule has 19 heavy (non-hydrogen) atoms. The average Bonchev–Trinajstić information content (AvgIpc) is 2.75. The molecule has 0 saturated heterocycles. The average molecular weight is 298 g/mol. The van der Waals surface area contributed by atoms with E-state index in [1.807, 2.05) is 6.92 Å². The highest BCUT2D eigenvalue weighted by Gasteiger charge is 2.35. The Balaban J connectivity index is 2.42. The first-order chi connectivity index (χ1) is 8.82. The minimum absolute atomic E-state index is 0.00973. The zero-order chi connectivity index (χ0) is 14.5. The van der Waals surface area contributed by atoms with Crippen molar-refractivity contribution in [3.8, 4) is 0 Å². The van der Waals surface area contributed by atoms with Crippen molar-refractivity contribution in [1.29, 1.82) is 0 Å². The van der Waals surface area contributed by atoms with E-state index in [-0.39, 0.29) is 29.0 Å². The Morgan fingerprint density at radius 2 is 2.16 bits per heavy atom. The maximum absolute atomic E-state index is 12.2. The maximum atomic E-state index is 12.2. The number of rotatable bonds is 5. The second kappa shape index (κ2) is 6.66. The highest BCUT2D eigenvalue weighted by atomic mass is 32.1. The first kappa shape index (κ1) is 15.6. The predicted molar refractivity (Wildman–Crippen MR) is 62.8 cm³/mol. The first-order valence-corrected chi connectivity index (χ1v) is 6.21. The Hall–Kier alpha value is -1.42. The quantitative estimate of drug-likeness (QED) is 0.772. The van der Waals surface area contributed by atoms with Crippen molar-refractivity contribution >= 4 is 22.5 Å². The summed E-state index contributed by atoms with van der Waals surface area (Å²) in [5.41, 5.74) is 0. The van der Waals surface area contributed by atoms with E-state index in [4.69, 9.17) is 5.11 Å². The SMILES string of the molecule is CC(CCO)CNC(=O)Nc1nnc(C(F)(F)F)s1. The van der Waals surface area contributed by atoms with Gasteiger partial charge in [0, 0.05) is 13.2 Å². The minimum atomic E-state index is -4.57. The number of amides is 2. The Morgan fingerprint density at radius 3 is 2.68 bits per heavy atom. The topological polar surface area (TPSA) is 87.1 Å². The third-order valence-electron chi connectivity index (χ3n) is 2.12. The predicted octanol–water partition coefficient (Wildman–Crippen LogP) is 1.70. The number of aliphatic hydroxyl groups is 1. The molecular weight excluding hydrogens is 285 g/mol. The molecule has 0 spiro atoms. The van der Waals surface area contributed by atoms with Crippen molar-refractivity contribution in [2.75, 3.05) is 18.5 Å². The molecule has 0 aliphatic rings. The summed E-state index contributed by atoms with van der Waals surface area (Å²) in [6, 6.07) is -0.658. The van der Waals surface area contributed by atoms with Crippen molar-refractivity contribution in [3.63, 3.8) is 0 Å². The van der Waals surface area contributed by atoms with Gasteiger partial charge in [0.25, 0.3) is 0 Å². The molecule has 0 aliphatic carbocycles. The lowest BCUT2D eigenvalue weighted by Gasteiger charge is -2.10. The van der Waals surface area contributed by atoms with Crippen LogP contribution in [0.5, 0.6) is 0 Å². The third kappa shape index (κ3) is 5.39. The highest BCUT2D eigenvalue weighted by Crippen LogP contribution is 2.32. The van der Waals surface area contributed by atoms with Gasteiger partial charge in [-0.05, 0) is 12.3 Å². The van der Waals surface area contributed by atoms with Crippen LogP contribution in [0.25, 0.3) is 0 Å². The van der Waals surface area contributed by atoms with Gasteiger partial charge in [0.05, 0.1) is 0 Å². The van der Waals surface area contributed by atoms with Crippen molar-refractivity contribution < 1.29 is 23.1 Å². The molecule has 1 rings (SSSR count). The number of hydrogen-bond donors (Lipinski definition) is 3. The number of carbonyl (C=O) groups is 1. The highest BCUT2D eigenvalue weighted by molar-refractivity contribution is 7.15. The molecule has 0 aromatic carbocycles. The fourth-order valence-corrected chi connectivity index (χ4v) is 1.72. The summed E-state index contributed by atoms with van der Waals surface area (Å²) in [4.78, 5) is 11.4. The molecular formula is C9H13F3N4O2S. The molecule has 3 N–H and O–H groups in total. The van der Waals surface area contributed by atoms with Crippen molar-refractivity contribution in [1.82, 2.24) is 15.5 Å². The summed E-state index contributed by atoms with van der Waals surface area (Å²) in [6.07, 6.45) is -4.04.